The maximum absolute atomic E-state index is 12.8. The predicted molar refractivity (Wildman–Crippen MR) is 270 cm³/mol. The smallest absolute Gasteiger partial charge is 0.306 e. The molecule has 0 radical (unpaired) electrons. The van der Waals surface area contributed by atoms with Crippen LogP contribution in [0.15, 0.2) is 0 Å². The Morgan fingerprint density at radius 3 is 0.825 bits per heavy atom. The van der Waals surface area contributed by atoms with Crippen LogP contribution in [0.25, 0.3) is 0 Å². The minimum Gasteiger partial charge on any atom is -0.462 e. The zero-order valence-corrected chi connectivity index (χ0v) is 43.4. The van der Waals surface area contributed by atoms with E-state index in [2.05, 4.69) is 41.5 Å². The van der Waals surface area contributed by atoms with E-state index in [0.29, 0.717) is 19.3 Å². The first kappa shape index (κ1) is 61.4. The highest BCUT2D eigenvalue weighted by Crippen LogP contribution is 2.19. The van der Waals surface area contributed by atoms with Gasteiger partial charge >= 0.3 is 17.9 Å². The second-order valence-corrected chi connectivity index (χ2v) is 20.5. The fourth-order valence-corrected chi connectivity index (χ4v) is 8.58. The number of carbonyl (C=O) groups is 3. The lowest BCUT2D eigenvalue weighted by atomic mass is 9.99. The lowest BCUT2D eigenvalue weighted by Crippen LogP contribution is -2.30. The number of esters is 3. The molecule has 0 aliphatic carbocycles. The van der Waals surface area contributed by atoms with Gasteiger partial charge in [0.15, 0.2) is 6.10 Å². The molecule has 0 N–H and O–H groups in total. The second-order valence-electron chi connectivity index (χ2n) is 20.5. The Labute approximate surface area is 393 Å². The molecule has 0 aromatic heterocycles. The summed E-state index contributed by atoms with van der Waals surface area (Å²) in [6.07, 6.45) is 49.5. The fraction of sp³-hybridized carbons (Fsp3) is 0.947. The summed E-state index contributed by atoms with van der Waals surface area (Å²) in [6.45, 7) is 13.8. The quantitative estimate of drug-likeness (QED) is 0.0344. The molecule has 3 atom stereocenters. The Kier molecular flexibility index (Phi) is 47.1. The third-order valence-corrected chi connectivity index (χ3v) is 13.6. The zero-order chi connectivity index (χ0) is 46.3. The Bertz CT molecular complexity index is 980. The van der Waals surface area contributed by atoms with Gasteiger partial charge in [-0.25, -0.2) is 0 Å². The molecule has 0 bridgehead atoms. The predicted octanol–water partition coefficient (Wildman–Crippen LogP) is 18.3. The lowest BCUT2D eigenvalue weighted by Gasteiger charge is -2.18. The molecule has 0 saturated heterocycles. The summed E-state index contributed by atoms with van der Waals surface area (Å²) >= 11 is 0. The first-order chi connectivity index (χ1) is 30.7. The van der Waals surface area contributed by atoms with Crippen molar-refractivity contribution in [2.45, 2.75) is 317 Å². The lowest BCUT2D eigenvalue weighted by molar-refractivity contribution is -0.167. The third-order valence-electron chi connectivity index (χ3n) is 13.6. The van der Waals surface area contributed by atoms with Gasteiger partial charge in [0.1, 0.15) is 13.2 Å². The molecule has 0 amide bonds. The van der Waals surface area contributed by atoms with Crippen LogP contribution < -0.4 is 0 Å². The van der Waals surface area contributed by atoms with E-state index in [1.807, 2.05) is 0 Å². The molecule has 6 nitrogen and oxygen atoms in total. The van der Waals surface area contributed by atoms with Crippen LogP contribution in [-0.2, 0) is 28.6 Å². The van der Waals surface area contributed by atoms with Crippen molar-refractivity contribution in [2.24, 2.45) is 17.8 Å². The van der Waals surface area contributed by atoms with Crippen LogP contribution in [0.1, 0.15) is 311 Å². The number of hydrogen-bond donors (Lipinski definition) is 0. The van der Waals surface area contributed by atoms with Crippen molar-refractivity contribution in [3.05, 3.63) is 0 Å². The summed E-state index contributed by atoms with van der Waals surface area (Å²) in [7, 11) is 0. The average molecular weight is 892 g/mol. The summed E-state index contributed by atoms with van der Waals surface area (Å²) < 4.78 is 16.8. The normalized spacial score (nSPS) is 13.0. The van der Waals surface area contributed by atoms with Gasteiger partial charge in [0.05, 0.1) is 0 Å². The molecule has 0 saturated carbocycles. The maximum Gasteiger partial charge on any atom is 0.306 e. The fourth-order valence-electron chi connectivity index (χ4n) is 8.58. The van der Waals surface area contributed by atoms with Gasteiger partial charge < -0.3 is 14.2 Å². The van der Waals surface area contributed by atoms with E-state index in [1.54, 1.807) is 0 Å². The first-order valence-corrected chi connectivity index (χ1v) is 28.2. The number of unbranched alkanes of at least 4 members (excludes halogenated alkanes) is 31. The molecular formula is C57H110O6. The average Bonchev–Trinajstić information content (AvgIpc) is 3.27. The molecule has 2 unspecified atom stereocenters. The van der Waals surface area contributed by atoms with Crippen molar-refractivity contribution in [1.82, 2.24) is 0 Å². The zero-order valence-electron chi connectivity index (χ0n) is 43.4. The van der Waals surface area contributed by atoms with Crippen molar-refractivity contribution in [2.75, 3.05) is 13.2 Å². The molecule has 0 aromatic rings. The minimum atomic E-state index is -0.764. The van der Waals surface area contributed by atoms with Crippen LogP contribution in [0.2, 0.25) is 0 Å². The van der Waals surface area contributed by atoms with Gasteiger partial charge in [-0.3, -0.25) is 14.4 Å². The van der Waals surface area contributed by atoms with Crippen molar-refractivity contribution >= 4 is 17.9 Å². The van der Waals surface area contributed by atoms with Crippen molar-refractivity contribution in [1.29, 1.82) is 0 Å². The summed E-state index contributed by atoms with van der Waals surface area (Å²) in [4.78, 5) is 38.0. The summed E-state index contributed by atoms with van der Waals surface area (Å²) in [6, 6.07) is 0. The van der Waals surface area contributed by atoms with E-state index in [4.69, 9.17) is 14.2 Å². The first-order valence-electron chi connectivity index (χ1n) is 28.2. The SMILES string of the molecule is CCC(C)CCCCCCCCCCCCC(=O)O[C@@H](COC(=O)CCCCCCCCCCCCCCCCCCCCC(C)C)COC(=O)CCCCCCCCC(C)CC. The highest BCUT2D eigenvalue weighted by atomic mass is 16.6. The van der Waals surface area contributed by atoms with E-state index >= 15 is 0 Å². The second kappa shape index (κ2) is 48.3. The van der Waals surface area contributed by atoms with Crippen LogP contribution in [-0.4, -0.2) is 37.2 Å². The van der Waals surface area contributed by atoms with Gasteiger partial charge in [-0.2, -0.15) is 0 Å². The van der Waals surface area contributed by atoms with Crippen molar-refractivity contribution in [3.63, 3.8) is 0 Å². The number of rotatable bonds is 50. The van der Waals surface area contributed by atoms with Gasteiger partial charge in [-0.1, -0.05) is 273 Å². The molecule has 0 fully saturated rings. The van der Waals surface area contributed by atoms with Crippen molar-refractivity contribution in [3.8, 4) is 0 Å². The monoisotopic (exact) mass is 891 g/mol. The van der Waals surface area contributed by atoms with E-state index in [9.17, 15) is 14.4 Å². The minimum absolute atomic E-state index is 0.0647. The van der Waals surface area contributed by atoms with E-state index in [1.165, 1.54) is 193 Å². The molecule has 0 aromatic carbocycles. The highest BCUT2D eigenvalue weighted by molar-refractivity contribution is 5.71. The van der Waals surface area contributed by atoms with Crippen LogP contribution in [0.3, 0.4) is 0 Å². The highest BCUT2D eigenvalue weighted by Gasteiger charge is 2.19. The topological polar surface area (TPSA) is 78.9 Å². The van der Waals surface area contributed by atoms with Crippen LogP contribution in [0, 0.1) is 17.8 Å². The third kappa shape index (κ3) is 48.2. The Balaban J connectivity index is 4.22. The van der Waals surface area contributed by atoms with Gasteiger partial charge in [-0.15, -0.1) is 0 Å². The molecule has 0 aliphatic heterocycles. The summed E-state index contributed by atoms with van der Waals surface area (Å²) in [5, 5.41) is 0. The van der Waals surface area contributed by atoms with E-state index < -0.39 is 6.10 Å². The summed E-state index contributed by atoms with van der Waals surface area (Å²) in [5.74, 6) is 1.69. The number of hydrogen-bond acceptors (Lipinski definition) is 6. The van der Waals surface area contributed by atoms with Crippen LogP contribution in [0.4, 0.5) is 0 Å². The van der Waals surface area contributed by atoms with Gasteiger partial charge in [0.25, 0.3) is 0 Å². The largest absolute Gasteiger partial charge is 0.462 e. The van der Waals surface area contributed by atoms with Crippen LogP contribution in [0.5, 0.6) is 0 Å². The Morgan fingerprint density at radius 1 is 0.317 bits per heavy atom. The van der Waals surface area contributed by atoms with Crippen LogP contribution >= 0.6 is 0 Å². The standard InChI is InChI=1S/C57H110O6/c1-7-52(5)44-38-32-26-22-19-20-24-28-36-42-48-57(60)63-54(50-62-56(59)47-41-35-30-29-33-39-45-53(6)8-2)49-61-55(58)46-40-34-27-23-18-16-14-12-10-9-11-13-15-17-21-25-31-37-43-51(3)4/h51-54H,7-50H2,1-6H3/t52?,53?,54-/m0/s1. The van der Waals surface area contributed by atoms with E-state index in [0.717, 1.165) is 75.5 Å². The Hall–Kier alpha value is -1.59. The van der Waals surface area contributed by atoms with E-state index in [-0.39, 0.29) is 31.1 Å². The maximum atomic E-state index is 12.8. The Morgan fingerprint density at radius 2 is 0.556 bits per heavy atom. The van der Waals surface area contributed by atoms with Gasteiger partial charge in [0, 0.05) is 19.3 Å². The van der Waals surface area contributed by atoms with Crippen molar-refractivity contribution < 1.29 is 28.6 Å². The number of carbonyl (C=O) groups excluding carboxylic acids is 3. The molecule has 0 spiro atoms. The molecule has 0 rings (SSSR count). The number of ether oxygens (including phenoxy) is 3. The summed E-state index contributed by atoms with van der Waals surface area (Å²) in [5.41, 5.74) is 0. The molecule has 63 heavy (non-hydrogen) atoms. The molecule has 6 heteroatoms. The molecular weight excluding hydrogens is 781 g/mol. The molecule has 374 valence electrons. The van der Waals surface area contributed by atoms with Gasteiger partial charge in [0.2, 0.25) is 0 Å². The van der Waals surface area contributed by atoms with Gasteiger partial charge in [-0.05, 0) is 37.0 Å². The molecule has 0 aliphatic rings. The molecule has 0 heterocycles.